The molecule has 0 aliphatic carbocycles. The van der Waals surface area contributed by atoms with E-state index in [-0.39, 0.29) is 11.3 Å². The fourth-order valence-corrected chi connectivity index (χ4v) is 4.64. The number of hydrogen-bond acceptors (Lipinski definition) is 8. The van der Waals surface area contributed by atoms with Crippen LogP contribution in [0.25, 0.3) is 5.76 Å². The number of aliphatic hydroxyl groups is 1. The number of nitrogens with zero attached hydrogens (tertiary/aromatic N) is 2. The lowest BCUT2D eigenvalue weighted by Gasteiger charge is -2.31. The van der Waals surface area contributed by atoms with Crippen molar-refractivity contribution in [2.24, 2.45) is 0 Å². The minimum atomic E-state index is -0.781. The Hall–Kier alpha value is -3.56. The Balaban J connectivity index is 1.73. The molecule has 2 saturated heterocycles. The Kier molecular flexibility index (Phi) is 8.68. The Bertz CT molecular complexity index is 1140. The number of ketones is 1. The molecular weight excluding hydrogens is 476 g/mol. The summed E-state index contributed by atoms with van der Waals surface area (Å²) in [5, 5.41) is 11.3. The molecule has 9 nitrogen and oxygen atoms in total. The number of carbonyl (C=O) groups excluding carboxylic acids is 2. The van der Waals surface area contributed by atoms with Crippen LogP contribution in [0.2, 0.25) is 0 Å². The molecule has 0 aromatic heterocycles. The van der Waals surface area contributed by atoms with Gasteiger partial charge in [0, 0.05) is 31.7 Å². The van der Waals surface area contributed by atoms with Gasteiger partial charge in [-0.3, -0.25) is 14.5 Å². The van der Waals surface area contributed by atoms with E-state index in [1.54, 1.807) is 49.6 Å². The third-order valence-electron chi connectivity index (χ3n) is 6.62. The summed E-state index contributed by atoms with van der Waals surface area (Å²) in [4.78, 5) is 30.3. The molecule has 4 rings (SSSR count). The highest BCUT2D eigenvalue weighted by molar-refractivity contribution is 6.46. The van der Waals surface area contributed by atoms with E-state index in [1.807, 2.05) is 6.92 Å². The average molecular weight is 511 g/mol. The van der Waals surface area contributed by atoms with Crippen molar-refractivity contribution in [2.75, 3.05) is 60.2 Å². The second-order valence-corrected chi connectivity index (χ2v) is 8.93. The monoisotopic (exact) mass is 510 g/mol. The molecule has 2 aromatic rings. The molecule has 2 fully saturated rings. The molecule has 37 heavy (non-hydrogen) atoms. The van der Waals surface area contributed by atoms with Gasteiger partial charge >= 0.3 is 0 Å². The largest absolute Gasteiger partial charge is 0.507 e. The van der Waals surface area contributed by atoms with Crippen molar-refractivity contribution in [1.29, 1.82) is 0 Å². The number of morpholine rings is 1. The first-order valence-electron chi connectivity index (χ1n) is 12.5. The number of benzene rings is 2. The molecule has 2 aliphatic rings. The van der Waals surface area contributed by atoms with Gasteiger partial charge in [0.05, 0.1) is 45.7 Å². The van der Waals surface area contributed by atoms with Crippen molar-refractivity contribution < 1.29 is 33.6 Å². The van der Waals surface area contributed by atoms with Gasteiger partial charge in [-0.05, 0) is 48.4 Å². The summed E-state index contributed by atoms with van der Waals surface area (Å²) >= 11 is 0. The van der Waals surface area contributed by atoms with Crippen molar-refractivity contribution in [3.05, 3.63) is 59.2 Å². The summed E-state index contributed by atoms with van der Waals surface area (Å²) in [6.07, 6.45) is 0.876. The molecule has 1 N–H and O–H groups in total. The normalized spacial score (nSPS) is 19.8. The van der Waals surface area contributed by atoms with Crippen molar-refractivity contribution >= 4 is 17.4 Å². The molecule has 0 bridgehead atoms. The molecule has 0 spiro atoms. The molecular formula is C28H34N2O7. The molecule has 9 heteroatoms. The van der Waals surface area contributed by atoms with E-state index in [1.165, 1.54) is 12.0 Å². The number of methoxy groups -OCH3 is 2. The second-order valence-electron chi connectivity index (χ2n) is 8.93. The van der Waals surface area contributed by atoms with Crippen LogP contribution in [0.4, 0.5) is 0 Å². The maximum Gasteiger partial charge on any atom is 0.295 e. The van der Waals surface area contributed by atoms with Gasteiger partial charge < -0.3 is 29.0 Å². The highest BCUT2D eigenvalue weighted by Crippen LogP contribution is 2.42. The first-order valence-corrected chi connectivity index (χ1v) is 12.5. The molecule has 2 aliphatic heterocycles. The SMILES string of the molecule is CCCOc1ccc(C(O)=C2C(=O)C(=O)N(CCN3CCOCC3)C2c2ccc(OC)c(OC)c2)cc1. The number of carbonyl (C=O) groups is 2. The number of ether oxygens (including phenoxy) is 4. The zero-order valence-corrected chi connectivity index (χ0v) is 21.6. The number of Topliss-reactive ketones (excluding diaryl/α,β-unsaturated/α-hetero) is 1. The van der Waals surface area contributed by atoms with E-state index < -0.39 is 17.7 Å². The summed E-state index contributed by atoms with van der Waals surface area (Å²) in [6.45, 7) is 6.31. The lowest BCUT2D eigenvalue weighted by molar-refractivity contribution is -0.140. The van der Waals surface area contributed by atoms with Gasteiger partial charge in [-0.15, -0.1) is 0 Å². The zero-order valence-electron chi connectivity index (χ0n) is 21.6. The van der Waals surface area contributed by atoms with Gasteiger partial charge in [-0.1, -0.05) is 13.0 Å². The van der Waals surface area contributed by atoms with Gasteiger partial charge in [0.15, 0.2) is 11.5 Å². The maximum atomic E-state index is 13.3. The quantitative estimate of drug-likeness (QED) is 0.296. The van der Waals surface area contributed by atoms with E-state index in [0.717, 1.165) is 19.5 Å². The van der Waals surface area contributed by atoms with Crippen LogP contribution in [0.1, 0.15) is 30.5 Å². The van der Waals surface area contributed by atoms with Crippen LogP contribution < -0.4 is 14.2 Å². The summed E-state index contributed by atoms with van der Waals surface area (Å²) in [5.41, 5.74) is 1.12. The molecule has 0 radical (unpaired) electrons. The Morgan fingerprint density at radius 2 is 1.70 bits per heavy atom. The standard InChI is InChI=1S/C28H34N2O7/c1-4-15-37-21-8-5-19(6-9-21)26(31)24-25(20-7-10-22(34-2)23(18-20)35-3)30(28(33)27(24)32)12-11-29-13-16-36-17-14-29/h5-10,18,25,31H,4,11-17H2,1-3H3. The van der Waals surface area contributed by atoms with E-state index in [9.17, 15) is 14.7 Å². The first-order chi connectivity index (χ1) is 18.0. The number of hydrogen-bond donors (Lipinski definition) is 1. The van der Waals surface area contributed by atoms with Crippen molar-refractivity contribution in [3.63, 3.8) is 0 Å². The third-order valence-corrected chi connectivity index (χ3v) is 6.62. The molecule has 1 atom stereocenters. The minimum Gasteiger partial charge on any atom is -0.507 e. The Morgan fingerprint density at radius 1 is 1.00 bits per heavy atom. The smallest absolute Gasteiger partial charge is 0.295 e. The summed E-state index contributed by atoms with van der Waals surface area (Å²) in [5.74, 6) is 0.0771. The molecule has 1 amide bonds. The van der Waals surface area contributed by atoms with E-state index in [4.69, 9.17) is 18.9 Å². The number of aliphatic hydroxyl groups excluding tert-OH is 1. The van der Waals surface area contributed by atoms with Crippen molar-refractivity contribution in [1.82, 2.24) is 9.80 Å². The van der Waals surface area contributed by atoms with Crippen LogP contribution in [0.15, 0.2) is 48.0 Å². The average Bonchev–Trinajstić information content (AvgIpc) is 3.20. The van der Waals surface area contributed by atoms with Crippen molar-refractivity contribution in [3.8, 4) is 17.2 Å². The Labute approximate surface area is 217 Å². The fourth-order valence-electron chi connectivity index (χ4n) is 4.64. The third kappa shape index (κ3) is 5.73. The molecule has 0 saturated carbocycles. The molecule has 2 aromatic carbocycles. The lowest BCUT2D eigenvalue weighted by atomic mass is 9.95. The van der Waals surface area contributed by atoms with Crippen LogP contribution in [-0.2, 0) is 14.3 Å². The lowest BCUT2D eigenvalue weighted by Crippen LogP contribution is -2.42. The van der Waals surface area contributed by atoms with Gasteiger partial charge in [-0.25, -0.2) is 0 Å². The molecule has 2 heterocycles. The predicted octanol–water partition coefficient (Wildman–Crippen LogP) is 3.25. The second kappa shape index (κ2) is 12.1. The van der Waals surface area contributed by atoms with Crippen molar-refractivity contribution in [2.45, 2.75) is 19.4 Å². The Morgan fingerprint density at radius 3 is 2.35 bits per heavy atom. The van der Waals surface area contributed by atoms with Gasteiger partial charge in [0.1, 0.15) is 11.5 Å². The summed E-state index contributed by atoms with van der Waals surface area (Å²) < 4.78 is 21.9. The predicted molar refractivity (Wildman–Crippen MR) is 138 cm³/mol. The van der Waals surface area contributed by atoms with Crippen LogP contribution in [0.5, 0.6) is 17.2 Å². The van der Waals surface area contributed by atoms with Crippen LogP contribution in [0, 0.1) is 0 Å². The highest BCUT2D eigenvalue weighted by atomic mass is 16.5. The van der Waals surface area contributed by atoms with Crippen LogP contribution >= 0.6 is 0 Å². The van der Waals surface area contributed by atoms with Gasteiger partial charge in [-0.2, -0.15) is 0 Å². The topological polar surface area (TPSA) is 97.8 Å². The highest BCUT2D eigenvalue weighted by Gasteiger charge is 2.46. The number of likely N-dealkylation sites (tertiary alicyclic amines) is 1. The first kappa shape index (κ1) is 26.5. The van der Waals surface area contributed by atoms with Crippen LogP contribution in [-0.4, -0.2) is 86.8 Å². The van der Waals surface area contributed by atoms with Gasteiger partial charge in [0.2, 0.25) is 0 Å². The zero-order chi connectivity index (χ0) is 26.4. The van der Waals surface area contributed by atoms with Gasteiger partial charge in [0.25, 0.3) is 11.7 Å². The van der Waals surface area contributed by atoms with E-state index in [0.29, 0.717) is 61.3 Å². The van der Waals surface area contributed by atoms with Crippen LogP contribution in [0.3, 0.4) is 0 Å². The summed E-state index contributed by atoms with van der Waals surface area (Å²) in [7, 11) is 3.07. The fraction of sp³-hybridized carbons (Fsp3) is 0.429. The molecule has 1 unspecified atom stereocenters. The number of rotatable bonds is 10. The maximum absolute atomic E-state index is 13.3. The number of amides is 1. The molecule has 198 valence electrons. The van der Waals surface area contributed by atoms with E-state index in [2.05, 4.69) is 4.90 Å². The van der Waals surface area contributed by atoms with E-state index >= 15 is 0 Å². The summed E-state index contributed by atoms with van der Waals surface area (Å²) in [6, 6.07) is 11.3. The minimum absolute atomic E-state index is 0.0430.